The third-order valence-electron chi connectivity index (χ3n) is 4.39. The minimum absolute atomic E-state index is 0.333. The molecular formula is C18H24ClF2N3O3. The van der Waals surface area contributed by atoms with Gasteiger partial charge >= 0.3 is 6.09 Å². The first-order valence-electron chi connectivity index (χ1n) is 8.67. The van der Waals surface area contributed by atoms with Gasteiger partial charge in [-0.05, 0) is 5.56 Å². The topological polar surface area (TPSA) is 70.7 Å². The number of alkyl halides is 3. The standard InChI is InChI=1S/C18H24ClF2N3O3/c1-27-17(26)23-15-11-24(9-13-5-3-2-4-6-13)10-14(15)22-16(25)7-8-18(20,21)12-19/h2-6,14-15H,7-12H2,1H3,(H,22,25)(H,23,26)/t14-,15+/m1/s1. The quantitative estimate of drug-likeness (QED) is 0.654. The molecule has 0 bridgehead atoms. The monoisotopic (exact) mass is 403 g/mol. The second-order valence-electron chi connectivity index (χ2n) is 6.59. The highest BCUT2D eigenvalue weighted by atomic mass is 35.5. The molecule has 2 rings (SSSR count). The van der Waals surface area contributed by atoms with E-state index in [1.54, 1.807) is 0 Å². The number of hydrogen-bond acceptors (Lipinski definition) is 4. The molecule has 0 spiro atoms. The summed E-state index contributed by atoms with van der Waals surface area (Å²) in [6.45, 7) is 1.64. The van der Waals surface area contributed by atoms with Crippen molar-refractivity contribution >= 4 is 23.6 Å². The van der Waals surface area contributed by atoms with Gasteiger partial charge in [-0.25, -0.2) is 13.6 Å². The Morgan fingerprint density at radius 1 is 1.22 bits per heavy atom. The minimum atomic E-state index is -3.07. The van der Waals surface area contributed by atoms with Crippen molar-refractivity contribution < 1.29 is 23.1 Å². The molecule has 0 aromatic heterocycles. The van der Waals surface area contributed by atoms with Crippen molar-refractivity contribution in [1.82, 2.24) is 15.5 Å². The molecular weight excluding hydrogens is 380 g/mol. The number of benzene rings is 1. The van der Waals surface area contributed by atoms with E-state index in [0.29, 0.717) is 19.6 Å². The van der Waals surface area contributed by atoms with Gasteiger partial charge in [0, 0.05) is 32.5 Å². The maximum absolute atomic E-state index is 13.2. The van der Waals surface area contributed by atoms with Crippen LogP contribution in [0.15, 0.2) is 30.3 Å². The molecule has 1 aliphatic heterocycles. The normalized spacial score (nSPS) is 20.3. The number of rotatable bonds is 8. The Kier molecular flexibility index (Phi) is 7.79. The molecule has 9 heteroatoms. The van der Waals surface area contributed by atoms with E-state index >= 15 is 0 Å². The number of alkyl carbamates (subject to hydrolysis) is 1. The van der Waals surface area contributed by atoms with Gasteiger partial charge in [-0.2, -0.15) is 0 Å². The predicted octanol–water partition coefficient (Wildman–Crippen LogP) is 2.37. The van der Waals surface area contributed by atoms with Crippen molar-refractivity contribution in [2.45, 2.75) is 37.4 Å². The maximum atomic E-state index is 13.2. The first kappa shape index (κ1) is 21.4. The molecule has 1 aliphatic rings. The first-order chi connectivity index (χ1) is 12.8. The van der Waals surface area contributed by atoms with E-state index in [4.69, 9.17) is 11.6 Å². The summed E-state index contributed by atoms with van der Waals surface area (Å²) in [5, 5.41) is 5.44. The Hall–Kier alpha value is -1.93. The van der Waals surface area contributed by atoms with Crippen molar-refractivity contribution in [1.29, 1.82) is 0 Å². The molecule has 0 aliphatic carbocycles. The van der Waals surface area contributed by atoms with Crippen LogP contribution in [0.3, 0.4) is 0 Å². The van der Waals surface area contributed by atoms with Crippen LogP contribution in [0.5, 0.6) is 0 Å². The van der Waals surface area contributed by atoms with Crippen LogP contribution in [0.2, 0.25) is 0 Å². The Morgan fingerprint density at radius 3 is 2.44 bits per heavy atom. The van der Waals surface area contributed by atoms with Crippen LogP contribution in [-0.4, -0.2) is 61.0 Å². The minimum Gasteiger partial charge on any atom is -0.453 e. The molecule has 1 fully saturated rings. The Morgan fingerprint density at radius 2 is 1.85 bits per heavy atom. The number of likely N-dealkylation sites (tertiary alicyclic amines) is 1. The lowest BCUT2D eigenvalue weighted by molar-refractivity contribution is -0.123. The number of nitrogens with zero attached hydrogens (tertiary/aromatic N) is 1. The fourth-order valence-electron chi connectivity index (χ4n) is 3.00. The van der Waals surface area contributed by atoms with Crippen molar-refractivity contribution in [2.24, 2.45) is 0 Å². The average Bonchev–Trinajstić information content (AvgIpc) is 3.01. The SMILES string of the molecule is COC(=O)N[C@H]1CN(Cc2ccccc2)C[C@H]1NC(=O)CCC(F)(F)CCl. The molecule has 2 N–H and O–H groups in total. The van der Waals surface area contributed by atoms with E-state index in [0.717, 1.165) is 5.56 Å². The van der Waals surface area contributed by atoms with Crippen molar-refractivity contribution in [3.63, 3.8) is 0 Å². The fraction of sp³-hybridized carbons (Fsp3) is 0.556. The molecule has 0 unspecified atom stereocenters. The average molecular weight is 404 g/mol. The van der Waals surface area contributed by atoms with Crippen LogP contribution in [0.25, 0.3) is 0 Å². The Balaban J connectivity index is 1.95. The fourth-order valence-corrected chi connectivity index (χ4v) is 3.13. The number of carbonyl (C=O) groups excluding carboxylic acids is 2. The highest BCUT2D eigenvalue weighted by Crippen LogP contribution is 2.22. The van der Waals surface area contributed by atoms with E-state index in [1.165, 1.54) is 7.11 Å². The summed E-state index contributed by atoms with van der Waals surface area (Å²) in [7, 11) is 1.26. The molecule has 1 saturated heterocycles. The van der Waals surface area contributed by atoms with E-state index in [9.17, 15) is 18.4 Å². The summed E-state index contributed by atoms with van der Waals surface area (Å²) in [4.78, 5) is 25.7. The Labute approximate surface area is 162 Å². The highest BCUT2D eigenvalue weighted by Gasteiger charge is 2.36. The summed E-state index contributed by atoms with van der Waals surface area (Å²) in [6, 6.07) is 9.00. The maximum Gasteiger partial charge on any atom is 0.407 e. The number of carbonyl (C=O) groups is 2. The molecule has 0 radical (unpaired) electrons. The lowest BCUT2D eigenvalue weighted by Crippen LogP contribution is -2.51. The highest BCUT2D eigenvalue weighted by molar-refractivity contribution is 6.18. The Bertz CT molecular complexity index is 634. The predicted molar refractivity (Wildman–Crippen MR) is 97.9 cm³/mol. The zero-order chi connectivity index (χ0) is 19.9. The van der Waals surface area contributed by atoms with Crippen LogP contribution in [0.4, 0.5) is 13.6 Å². The van der Waals surface area contributed by atoms with Crippen molar-refractivity contribution in [3.05, 3.63) is 35.9 Å². The smallest absolute Gasteiger partial charge is 0.407 e. The number of hydrogen-bond donors (Lipinski definition) is 2. The van der Waals surface area contributed by atoms with Gasteiger partial charge in [0.1, 0.15) is 0 Å². The molecule has 1 aromatic rings. The summed E-state index contributed by atoms with van der Waals surface area (Å²) >= 11 is 5.19. The summed E-state index contributed by atoms with van der Waals surface area (Å²) in [5.74, 6) is -4.39. The van der Waals surface area contributed by atoms with Crippen LogP contribution in [0.1, 0.15) is 18.4 Å². The molecule has 1 heterocycles. The van der Waals surface area contributed by atoms with Crippen LogP contribution >= 0.6 is 11.6 Å². The van der Waals surface area contributed by atoms with Gasteiger partial charge < -0.3 is 15.4 Å². The summed E-state index contributed by atoms with van der Waals surface area (Å²) in [6.07, 6.45) is -1.55. The van der Waals surface area contributed by atoms with Crippen molar-refractivity contribution in [2.75, 3.05) is 26.1 Å². The van der Waals surface area contributed by atoms with Crippen LogP contribution < -0.4 is 10.6 Å². The van der Waals surface area contributed by atoms with E-state index in [-0.39, 0.29) is 12.5 Å². The van der Waals surface area contributed by atoms with Gasteiger partial charge in [-0.3, -0.25) is 9.69 Å². The molecule has 150 valence electrons. The largest absolute Gasteiger partial charge is 0.453 e. The zero-order valence-electron chi connectivity index (χ0n) is 15.1. The van der Waals surface area contributed by atoms with Crippen LogP contribution in [0, 0.1) is 0 Å². The third-order valence-corrected chi connectivity index (χ3v) is 4.78. The van der Waals surface area contributed by atoms with Gasteiger partial charge in [-0.1, -0.05) is 30.3 Å². The van der Waals surface area contributed by atoms with E-state index in [2.05, 4.69) is 20.3 Å². The zero-order valence-corrected chi connectivity index (χ0v) is 15.8. The number of nitrogens with one attached hydrogen (secondary N) is 2. The molecule has 27 heavy (non-hydrogen) atoms. The third kappa shape index (κ3) is 6.95. The van der Waals surface area contributed by atoms with Gasteiger partial charge in [0.15, 0.2) is 0 Å². The number of halogens is 3. The second kappa shape index (κ2) is 9.85. The lowest BCUT2D eigenvalue weighted by atomic mass is 10.1. The van der Waals surface area contributed by atoms with Gasteiger partial charge in [0.05, 0.1) is 25.1 Å². The van der Waals surface area contributed by atoms with Gasteiger partial charge in [0.25, 0.3) is 5.92 Å². The molecule has 6 nitrogen and oxygen atoms in total. The summed E-state index contributed by atoms with van der Waals surface area (Å²) < 4.78 is 31.1. The van der Waals surface area contributed by atoms with Gasteiger partial charge in [0.2, 0.25) is 5.91 Å². The number of ether oxygens (including phenoxy) is 1. The number of amides is 2. The molecule has 0 saturated carbocycles. The van der Waals surface area contributed by atoms with E-state index in [1.807, 2.05) is 30.3 Å². The molecule has 1 aromatic carbocycles. The van der Waals surface area contributed by atoms with Crippen LogP contribution in [-0.2, 0) is 16.1 Å². The van der Waals surface area contributed by atoms with Gasteiger partial charge in [-0.15, -0.1) is 11.6 Å². The number of methoxy groups -OCH3 is 1. The second-order valence-corrected chi connectivity index (χ2v) is 6.85. The first-order valence-corrected chi connectivity index (χ1v) is 9.20. The molecule has 2 amide bonds. The molecule has 2 atom stereocenters. The summed E-state index contributed by atoms with van der Waals surface area (Å²) in [5.41, 5.74) is 1.10. The lowest BCUT2D eigenvalue weighted by Gasteiger charge is -2.21. The van der Waals surface area contributed by atoms with E-state index < -0.39 is 36.3 Å². The van der Waals surface area contributed by atoms with Crippen molar-refractivity contribution in [3.8, 4) is 0 Å².